The third-order valence-electron chi connectivity index (χ3n) is 2.84. The Balaban J connectivity index is 1.94. The summed E-state index contributed by atoms with van der Waals surface area (Å²) in [5.74, 6) is 1.51. The highest BCUT2D eigenvalue weighted by atomic mass is 35.5. The Morgan fingerprint density at radius 1 is 1.43 bits per heavy atom. The van der Waals surface area contributed by atoms with E-state index in [2.05, 4.69) is 10.4 Å². The van der Waals surface area contributed by atoms with Crippen LogP contribution in [0.2, 0.25) is 0 Å². The van der Waals surface area contributed by atoms with Gasteiger partial charge in [-0.3, -0.25) is 0 Å². The van der Waals surface area contributed by atoms with E-state index in [-0.39, 0.29) is 0 Å². The lowest BCUT2D eigenvalue weighted by atomic mass is 10.1. The van der Waals surface area contributed by atoms with Crippen molar-refractivity contribution in [2.24, 2.45) is 0 Å². The highest BCUT2D eigenvalue weighted by molar-refractivity contribution is 7.09. The molecule has 1 nitrogen and oxygen atoms in total. The molecule has 0 amide bonds. The summed E-state index contributed by atoms with van der Waals surface area (Å²) in [5, 5.41) is 3.58. The van der Waals surface area contributed by atoms with Crippen LogP contribution < -0.4 is 0 Å². The first kappa shape index (κ1) is 10.4. The number of aryl methyl sites for hydroxylation is 1. The molecule has 3 heteroatoms. The Hall–Kier alpha value is -0.0800. The van der Waals surface area contributed by atoms with Crippen LogP contribution in [0, 0.1) is 0 Å². The molecule has 78 valence electrons. The number of alkyl halides is 1. The third-order valence-corrected chi connectivity index (χ3v) is 4.16. The van der Waals surface area contributed by atoms with Crippen molar-refractivity contribution >= 4 is 22.9 Å². The fraction of sp³-hybridized carbons (Fsp3) is 0.727. The molecule has 0 atom stereocenters. The first-order chi connectivity index (χ1) is 6.90. The number of hydrogen-bond donors (Lipinski definition) is 0. The Morgan fingerprint density at radius 2 is 2.21 bits per heavy atom. The topological polar surface area (TPSA) is 12.9 Å². The van der Waals surface area contributed by atoms with Crippen molar-refractivity contribution in [1.29, 1.82) is 0 Å². The molecule has 1 saturated carbocycles. The van der Waals surface area contributed by atoms with Crippen LogP contribution >= 0.6 is 22.9 Å². The minimum Gasteiger partial charge on any atom is -0.246 e. The van der Waals surface area contributed by atoms with E-state index >= 15 is 0 Å². The lowest BCUT2D eigenvalue weighted by Crippen LogP contribution is -1.92. The zero-order valence-electron chi connectivity index (χ0n) is 8.34. The molecular formula is C11H16ClNS. The maximum atomic E-state index is 5.66. The van der Waals surface area contributed by atoms with Crippen molar-refractivity contribution in [3.8, 4) is 0 Å². The summed E-state index contributed by atoms with van der Waals surface area (Å²) in [7, 11) is 0. The van der Waals surface area contributed by atoms with Crippen LogP contribution in [-0.4, -0.2) is 10.9 Å². The Kier molecular flexibility index (Phi) is 3.82. The van der Waals surface area contributed by atoms with Crippen LogP contribution in [0.3, 0.4) is 0 Å². The zero-order valence-corrected chi connectivity index (χ0v) is 9.91. The number of aromatic nitrogens is 1. The molecule has 1 heterocycles. The van der Waals surface area contributed by atoms with Crippen LogP contribution in [0.1, 0.15) is 48.7 Å². The average Bonchev–Trinajstić information content (AvgIpc) is 2.85. The van der Waals surface area contributed by atoms with E-state index in [0.717, 1.165) is 24.6 Å². The molecule has 14 heavy (non-hydrogen) atoms. The SMILES string of the molecule is ClCCCc1csc(C2CCCC2)n1. The maximum absolute atomic E-state index is 5.66. The van der Waals surface area contributed by atoms with Gasteiger partial charge in [-0.1, -0.05) is 12.8 Å². The normalized spacial score (nSPS) is 17.8. The highest BCUT2D eigenvalue weighted by Crippen LogP contribution is 2.35. The van der Waals surface area contributed by atoms with Gasteiger partial charge < -0.3 is 0 Å². The predicted octanol–water partition coefficient (Wildman–Crippen LogP) is 3.97. The maximum Gasteiger partial charge on any atom is 0.0959 e. The molecule has 0 radical (unpaired) electrons. The summed E-state index contributed by atoms with van der Waals surface area (Å²) < 4.78 is 0. The van der Waals surface area contributed by atoms with Gasteiger partial charge in [0.25, 0.3) is 0 Å². The van der Waals surface area contributed by atoms with E-state index in [9.17, 15) is 0 Å². The van der Waals surface area contributed by atoms with Gasteiger partial charge in [0.15, 0.2) is 0 Å². The number of halogens is 1. The van der Waals surface area contributed by atoms with Crippen molar-refractivity contribution in [3.05, 3.63) is 16.1 Å². The van der Waals surface area contributed by atoms with Crippen LogP contribution in [0.25, 0.3) is 0 Å². The van der Waals surface area contributed by atoms with E-state index in [1.165, 1.54) is 36.4 Å². The monoisotopic (exact) mass is 229 g/mol. The van der Waals surface area contributed by atoms with E-state index in [1.54, 1.807) is 0 Å². The minimum atomic E-state index is 0.746. The molecule has 1 aliphatic carbocycles. The molecule has 0 aliphatic heterocycles. The molecule has 1 aromatic rings. The molecular weight excluding hydrogens is 214 g/mol. The van der Waals surface area contributed by atoms with Crippen LogP contribution in [-0.2, 0) is 6.42 Å². The summed E-state index contributed by atoms with van der Waals surface area (Å²) in [6.07, 6.45) is 7.58. The highest BCUT2D eigenvalue weighted by Gasteiger charge is 2.19. The van der Waals surface area contributed by atoms with Gasteiger partial charge in [0.2, 0.25) is 0 Å². The van der Waals surface area contributed by atoms with Gasteiger partial charge in [-0.2, -0.15) is 0 Å². The summed E-state index contributed by atoms with van der Waals surface area (Å²) in [6, 6.07) is 0. The summed E-state index contributed by atoms with van der Waals surface area (Å²) in [6.45, 7) is 0. The molecule has 0 saturated heterocycles. The lowest BCUT2D eigenvalue weighted by Gasteiger charge is -2.02. The van der Waals surface area contributed by atoms with Crippen LogP contribution in [0.5, 0.6) is 0 Å². The van der Waals surface area contributed by atoms with Crippen molar-refractivity contribution in [3.63, 3.8) is 0 Å². The molecule has 0 N–H and O–H groups in total. The first-order valence-electron chi connectivity index (χ1n) is 5.40. The molecule has 1 aromatic heterocycles. The standard InChI is InChI=1S/C11H16ClNS/c12-7-3-6-10-8-14-11(13-10)9-4-1-2-5-9/h8-9H,1-7H2. The molecule has 1 fully saturated rings. The van der Waals surface area contributed by atoms with Crippen molar-refractivity contribution in [2.45, 2.75) is 44.4 Å². The summed E-state index contributed by atoms with van der Waals surface area (Å²) in [5.41, 5.74) is 1.25. The Labute approximate surface area is 94.5 Å². The quantitative estimate of drug-likeness (QED) is 0.712. The van der Waals surface area contributed by atoms with Crippen molar-refractivity contribution in [2.75, 3.05) is 5.88 Å². The molecule has 0 bridgehead atoms. The van der Waals surface area contributed by atoms with Gasteiger partial charge in [0, 0.05) is 17.2 Å². The van der Waals surface area contributed by atoms with Crippen molar-refractivity contribution < 1.29 is 0 Å². The predicted molar refractivity (Wildman–Crippen MR) is 62.4 cm³/mol. The number of hydrogen-bond acceptors (Lipinski definition) is 2. The minimum absolute atomic E-state index is 0.746. The fourth-order valence-electron chi connectivity index (χ4n) is 2.05. The van der Waals surface area contributed by atoms with Gasteiger partial charge in [0.1, 0.15) is 0 Å². The molecule has 0 spiro atoms. The van der Waals surface area contributed by atoms with E-state index in [4.69, 9.17) is 11.6 Å². The van der Waals surface area contributed by atoms with Gasteiger partial charge in [0.05, 0.1) is 10.7 Å². The van der Waals surface area contributed by atoms with Gasteiger partial charge in [-0.25, -0.2) is 4.98 Å². The summed E-state index contributed by atoms with van der Waals surface area (Å²) in [4.78, 5) is 4.69. The zero-order chi connectivity index (χ0) is 9.80. The third kappa shape index (κ3) is 2.48. The largest absolute Gasteiger partial charge is 0.246 e. The second-order valence-corrected chi connectivity index (χ2v) is 5.22. The Morgan fingerprint density at radius 3 is 2.93 bits per heavy atom. The second kappa shape index (κ2) is 5.13. The number of nitrogens with zero attached hydrogens (tertiary/aromatic N) is 1. The molecule has 0 aromatic carbocycles. The average molecular weight is 230 g/mol. The lowest BCUT2D eigenvalue weighted by molar-refractivity contribution is 0.710. The number of thiazole rings is 1. The second-order valence-electron chi connectivity index (χ2n) is 3.95. The summed E-state index contributed by atoms with van der Waals surface area (Å²) >= 11 is 7.50. The Bertz CT molecular complexity index is 279. The molecule has 1 aliphatic rings. The van der Waals surface area contributed by atoms with E-state index in [0.29, 0.717) is 0 Å². The van der Waals surface area contributed by atoms with Gasteiger partial charge in [-0.05, 0) is 25.7 Å². The van der Waals surface area contributed by atoms with E-state index in [1.807, 2.05) is 11.3 Å². The number of rotatable bonds is 4. The van der Waals surface area contributed by atoms with Gasteiger partial charge >= 0.3 is 0 Å². The van der Waals surface area contributed by atoms with Crippen LogP contribution in [0.15, 0.2) is 5.38 Å². The smallest absolute Gasteiger partial charge is 0.0959 e. The first-order valence-corrected chi connectivity index (χ1v) is 6.82. The molecule has 2 rings (SSSR count). The van der Waals surface area contributed by atoms with Crippen molar-refractivity contribution in [1.82, 2.24) is 4.98 Å². The molecule has 0 unspecified atom stereocenters. The van der Waals surface area contributed by atoms with Crippen LogP contribution in [0.4, 0.5) is 0 Å². The van der Waals surface area contributed by atoms with E-state index < -0.39 is 0 Å². The fourth-order valence-corrected chi connectivity index (χ4v) is 3.20. The van der Waals surface area contributed by atoms with Gasteiger partial charge in [-0.15, -0.1) is 22.9 Å².